The van der Waals surface area contributed by atoms with Crippen LogP contribution in [0.3, 0.4) is 0 Å². The number of aromatic nitrogens is 2. The Morgan fingerprint density at radius 2 is 2.07 bits per heavy atom. The molecule has 0 bridgehead atoms. The molecule has 1 aromatic heterocycles. The highest BCUT2D eigenvalue weighted by Gasteiger charge is 2.24. The number of nitrogens with one attached hydrogen (secondary N) is 2. The lowest BCUT2D eigenvalue weighted by molar-refractivity contribution is -0.115. The SMILES string of the molecule is CC1CCC(Nc2ncc(-c3ccc4c(c3)CC(=O)N4)c(O[C@@H]3CCOC3)n2)CC1. The van der Waals surface area contributed by atoms with Gasteiger partial charge in [-0.05, 0) is 54.9 Å². The number of amides is 1. The summed E-state index contributed by atoms with van der Waals surface area (Å²) < 4.78 is 11.7. The number of carbonyl (C=O) groups excluding carboxylic acids is 1. The van der Waals surface area contributed by atoms with Crippen LogP contribution >= 0.6 is 0 Å². The van der Waals surface area contributed by atoms with Gasteiger partial charge in [-0.1, -0.05) is 13.0 Å². The monoisotopic (exact) mass is 408 g/mol. The van der Waals surface area contributed by atoms with Crippen molar-refractivity contribution in [2.24, 2.45) is 5.92 Å². The summed E-state index contributed by atoms with van der Waals surface area (Å²) in [7, 11) is 0. The van der Waals surface area contributed by atoms with Crippen LogP contribution in [0.15, 0.2) is 24.4 Å². The van der Waals surface area contributed by atoms with E-state index in [1.807, 2.05) is 24.4 Å². The average molecular weight is 409 g/mol. The lowest BCUT2D eigenvalue weighted by Crippen LogP contribution is -2.26. The normalized spacial score (nSPS) is 25.6. The third-order valence-corrected chi connectivity index (χ3v) is 6.31. The maximum absolute atomic E-state index is 11.7. The predicted molar refractivity (Wildman–Crippen MR) is 115 cm³/mol. The van der Waals surface area contributed by atoms with E-state index in [-0.39, 0.29) is 12.0 Å². The van der Waals surface area contributed by atoms with Crippen LogP contribution in [0.2, 0.25) is 0 Å². The Balaban J connectivity index is 1.42. The van der Waals surface area contributed by atoms with Crippen molar-refractivity contribution < 1.29 is 14.3 Å². The number of hydrogen-bond acceptors (Lipinski definition) is 6. The Hall–Kier alpha value is -2.67. The van der Waals surface area contributed by atoms with Gasteiger partial charge in [0.1, 0.15) is 6.10 Å². The van der Waals surface area contributed by atoms with E-state index in [9.17, 15) is 4.79 Å². The van der Waals surface area contributed by atoms with Gasteiger partial charge in [0.05, 0.1) is 25.2 Å². The smallest absolute Gasteiger partial charge is 0.228 e. The zero-order chi connectivity index (χ0) is 20.5. The summed E-state index contributed by atoms with van der Waals surface area (Å²) in [6.45, 7) is 3.61. The zero-order valence-electron chi connectivity index (χ0n) is 17.3. The first-order valence-corrected chi connectivity index (χ1v) is 10.9. The second-order valence-electron chi connectivity index (χ2n) is 8.71. The number of fused-ring (bicyclic) bond motifs is 1. The molecule has 30 heavy (non-hydrogen) atoms. The molecule has 1 aromatic carbocycles. The first kappa shape index (κ1) is 19.3. The van der Waals surface area contributed by atoms with E-state index in [0.717, 1.165) is 47.6 Å². The fraction of sp³-hybridized carbons (Fsp3) is 0.522. The Bertz CT molecular complexity index is 934. The Morgan fingerprint density at radius 1 is 1.20 bits per heavy atom. The maximum Gasteiger partial charge on any atom is 0.228 e. The maximum atomic E-state index is 11.7. The lowest BCUT2D eigenvalue weighted by atomic mass is 9.87. The van der Waals surface area contributed by atoms with Gasteiger partial charge in [0, 0.05) is 24.3 Å². The summed E-state index contributed by atoms with van der Waals surface area (Å²) in [5.41, 5.74) is 3.66. The second kappa shape index (κ2) is 8.22. The van der Waals surface area contributed by atoms with Gasteiger partial charge in [-0.2, -0.15) is 4.98 Å². The molecule has 1 amide bonds. The molecule has 2 N–H and O–H groups in total. The molecule has 5 rings (SSSR count). The average Bonchev–Trinajstić information content (AvgIpc) is 3.38. The molecule has 2 aliphatic heterocycles. The molecule has 158 valence electrons. The van der Waals surface area contributed by atoms with E-state index in [2.05, 4.69) is 22.5 Å². The van der Waals surface area contributed by atoms with Crippen LogP contribution in [0.25, 0.3) is 11.1 Å². The number of hydrogen-bond donors (Lipinski definition) is 2. The van der Waals surface area contributed by atoms with Gasteiger partial charge < -0.3 is 20.1 Å². The second-order valence-corrected chi connectivity index (χ2v) is 8.71. The first-order chi connectivity index (χ1) is 14.6. The molecule has 1 saturated heterocycles. The standard InChI is InChI=1S/C23H28N4O3/c1-14-2-5-17(6-3-14)25-23-24-12-19(22(27-23)30-18-8-9-29-13-18)15-4-7-20-16(10-15)11-21(28)26-20/h4,7,10,12,14,17-18H,2-3,5-6,8-9,11,13H2,1H3,(H,26,28)(H,24,25,27)/t14?,17?,18-/m1/s1. The fourth-order valence-corrected chi connectivity index (χ4v) is 4.47. The van der Waals surface area contributed by atoms with Gasteiger partial charge in [-0.25, -0.2) is 4.98 Å². The molecule has 7 nitrogen and oxygen atoms in total. The summed E-state index contributed by atoms with van der Waals surface area (Å²) in [5.74, 6) is 2.02. The van der Waals surface area contributed by atoms with E-state index in [1.54, 1.807) is 0 Å². The third-order valence-electron chi connectivity index (χ3n) is 6.31. The van der Waals surface area contributed by atoms with E-state index in [0.29, 0.717) is 37.5 Å². The summed E-state index contributed by atoms with van der Waals surface area (Å²) >= 11 is 0. The number of rotatable bonds is 5. The van der Waals surface area contributed by atoms with E-state index >= 15 is 0 Å². The van der Waals surface area contributed by atoms with Crippen LogP contribution in [0.1, 0.15) is 44.6 Å². The molecule has 0 unspecified atom stereocenters. The lowest BCUT2D eigenvalue weighted by Gasteiger charge is -2.27. The van der Waals surface area contributed by atoms with Crippen molar-refractivity contribution in [3.63, 3.8) is 0 Å². The Labute approximate surface area is 176 Å². The molecule has 1 saturated carbocycles. The van der Waals surface area contributed by atoms with Gasteiger partial charge in [0.2, 0.25) is 17.7 Å². The van der Waals surface area contributed by atoms with Crippen LogP contribution in [0.5, 0.6) is 5.88 Å². The summed E-state index contributed by atoms with van der Waals surface area (Å²) in [5, 5.41) is 6.38. The predicted octanol–water partition coefficient (Wildman–Crippen LogP) is 3.80. The van der Waals surface area contributed by atoms with Crippen molar-refractivity contribution >= 4 is 17.5 Å². The molecule has 2 aromatic rings. The molecular weight excluding hydrogens is 380 g/mol. The summed E-state index contributed by atoms with van der Waals surface area (Å²) in [6.07, 6.45) is 7.85. The van der Waals surface area contributed by atoms with Crippen molar-refractivity contribution in [3.05, 3.63) is 30.0 Å². The summed E-state index contributed by atoms with van der Waals surface area (Å²) in [4.78, 5) is 21.1. The summed E-state index contributed by atoms with van der Waals surface area (Å²) in [6, 6.07) is 6.36. The minimum atomic E-state index is -0.000276. The van der Waals surface area contributed by atoms with Gasteiger partial charge in [0.15, 0.2) is 0 Å². The highest BCUT2D eigenvalue weighted by molar-refractivity contribution is 5.99. The van der Waals surface area contributed by atoms with Crippen LogP contribution in [-0.2, 0) is 16.0 Å². The molecule has 3 heterocycles. The highest BCUT2D eigenvalue weighted by Crippen LogP contribution is 2.35. The van der Waals surface area contributed by atoms with Gasteiger partial charge in [-0.3, -0.25) is 4.79 Å². The third kappa shape index (κ3) is 4.12. The minimum absolute atomic E-state index is 0.000276. The highest BCUT2D eigenvalue weighted by atomic mass is 16.5. The van der Waals surface area contributed by atoms with Gasteiger partial charge in [0.25, 0.3) is 0 Å². The molecule has 1 atom stereocenters. The fourth-order valence-electron chi connectivity index (χ4n) is 4.47. The Kier molecular flexibility index (Phi) is 5.29. The number of anilines is 2. The molecule has 2 fully saturated rings. The van der Waals surface area contributed by atoms with Crippen molar-refractivity contribution in [2.75, 3.05) is 23.8 Å². The van der Waals surface area contributed by atoms with Crippen LogP contribution in [0.4, 0.5) is 11.6 Å². The van der Waals surface area contributed by atoms with E-state index in [4.69, 9.17) is 14.5 Å². The molecule has 0 radical (unpaired) electrons. The van der Waals surface area contributed by atoms with Crippen molar-refractivity contribution in [1.29, 1.82) is 0 Å². The molecule has 0 spiro atoms. The van der Waals surface area contributed by atoms with Crippen LogP contribution in [0, 0.1) is 5.92 Å². The van der Waals surface area contributed by atoms with Crippen LogP contribution in [-0.4, -0.2) is 41.2 Å². The van der Waals surface area contributed by atoms with Gasteiger partial charge >= 0.3 is 0 Å². The van der Waals surface area contributed by atoms with Crippen molar-refractivity contribution in [1.82, 2.24) is 9.97 Å². The van der Waals surface area contributed by atoms with Crippen LogP contribution < -0.4 is 15.4 Å². The Morgan fingerprint density at radius 3 is 2.87 bits per heavy atom. The quantitative estimate of drug-likeness (QED) is 0.783. The first-order valence-electron chi connectivity index (χ1n) is 10.9. The largest absolute Gasteiger partial charge is 0.471 e. The molecule has 3 aliphatic rings. The van der Waals surface area contributed by atoms with Gasteiger partial charge in [-0.15, -0.1) is 0 Å². The van der Waals surface area contributed by atoms with Crippen molar-refractivity contribution in [2.45, 2.75) is 57.6 Å². The minimum Gasteiger partial charge on any atom is -0.471 e. The number of benzene rings is 1. The molecule has 7 heteroatoms. The zero-order valence-corrected chi connectivity index (χ0v) is 17.3. The molecule has 1 aliphatic carbocycles. The van der Waals surface area contributed by atoms with E-state index < -0.39 is 0 Å². The molecular formula is C23H28N4O3. The number of nitrogens with zero attached hydrogens (tertiary/aromatic N) is 2. The number of ether oxygens (including phenoxy) is 2. The van der Waals surface area contributed by atoms with Crippen molar-refractivity contribution in [3.8, 4) is 17.0 Å². The number of carbonyl (C=O) groups is 1. The van der Waals surface area contributed by atoms with E-state index in [1.165, 1.54) is 12.8 Å². The topological polar surface area (TPSA) is 85.4 Å².